The fourth-order valence-corrected chi connectivity index (χ4v) is 1.66. The molecule has 0 amide bonds. The van der Waals surface area contributed by atoms with Gasteiger partial charge in [-0.3, -0.25) is 0 Å². The van der Waals surface area contributed by atoms with Gasteiger partial charge in [-0.1, -0.05) is 13.8 Å². The summed E-state index contributed by atoms with van der Waals surface area (Å²) in [6.07, 6.45) is 3.70. The Morgan fingerprint density at radius 3 is 2.76 bits per heavy atom. The number of nitrogens with zero attached hydrogens (tertiary/aromatic N) is 4. The van der Waals surface area contributed by atoms with E-state index in [1.807, 2.05) is 24.6 Å². The van der Waals surface area contributed by atoms with Gasteiger partial charge in [0.05, 0.1) is 0 Å². The smallest absolute Gasteiger partial charge is 0.158 e. The van der Waals surface area contributed by atoms with Crippen molar-refractivity contribution in [1.82, 2.24) is 19.5 Å². The molecular weight excluding hydrogens is 214 g/mol. The van der Waals surface area contributed by atoms with Crippen LogP contribution >= 0.6 is 0 Å². The lowest BCUT2D eigenvalue weighted by atomic mass is 10.2. The largest absolute Gasteiger partial charge is 0.384 e. The molecule has 0 unspecified atom stereocenters. The summed E-state index contributed by atoms with van der Waals surface area (Å²) >= 11 is 0. The average Bonchev–Trinajstić information content (AvgIpc) is 2.76. The highest BCUT2D eigenvalue weighted by Gasteiger charge is 2.11. The minimum absolute atomic E-state index is 0.252. The van der Waals surface area contributed by atoms with E-state index in [9.17, 15) is 0 Å². The van der Waals surface area contributed by atoms with Crippen LogP contribution in [0, 0.1) is 0 Å². The molecule has 0 saturated heterocycles. The van der Waals surface area contributed by atoms with Crippen LogP contribution in [0.4, 0.5) is 5.82 Å². The lowest BCUT2D eigenvalue weighted by Gasteiger charge is -2.09. The highest BCUT2D eigenvalue weighted by atomic mass is 15.1. The predicted octanol–water partition coefficient (Wildman–Crippen LogP) is 2.07. The summed E-state index contributed by atoms with van der Waals surface area (Å²) in [5.41, 5.74) is 6.59. The van der Waals surface area contributed by atoms with Crippen molar-refractivity contribution in [2.24, 2.45) is 0 Å². The van der Waals surface area contributed by atoms with Crippen LogP contribution in [0.5, 0.6) is 0 Å². The number of rotatable bonds is 3. The third-order valence-corrected chi connectivity index (χ3v) is 2.56. The Labute approximate surface area is 101 Å². The molecule has 0 aliphatic carbocycles. The lowest BCUT2D eigenvalue weighted by molar-refractivity contribution is 0.753. The number of nitrogen functional groups attached to an aromatic ring is 1. The van der Waals surface area contributed by atoms with Gasteiger partial charge in [-0.05, 0) is 6.92 Å². The van der Waals surface area contributed by atoms with Gasteiger partial charge >= 0.3 is 0 Å². The number of hydrogen-bond donors (Lipinski definition) is 1. The summed E-state index contributed by atoms with van der Waals surface area (Å²) < 4.78 is 2.03. The van der Waals surface area contributed by atoms with Gasteiger partial charge in [0.25, 0.3) is 0 Å². The molecule has 5 nitrogen and oxygen atoms in total. The minimum atomic E-state index is 0.252. The van der Waals surface area contributed by atoms with E-state index in [1.54, 1.807) is 12.3 Å². The van der Waals surface area contributed by atoms with Crippen LogP contribution in [-0.4, -0.2) is 19.5 Å². The molecule has 90 valence electrons. The number of aryl methyl sites for hydroxylation is 1. The number of imidazole rings is 1. The highest BCUT2D eigenvalue weighted by molar-refractivity contribution is 5.54. The van der Waals surface area contributed by atoms with Crippen molar-refractivity contribution in [3.63, 3.8) is 0 Å². The maximum Gasteiger partial charge on any atom is 0.158 e. The topological polar surface area (TPSA) is 69.6 Å². The molecule has 0 atom stereocenters. The van der Waals surface area contributed by atoms with E-state index in [0.29, 0.717) is 5.82 Å². The van der Waals surface area contributed by atoms with Gasteiger partial charge in [0, 0.05) is 30.9 Å². The van der Waals surface area contributed by atoms with Crippen LogP contribution in [0.3, 0.4) is 0 Å². The SMILES string of the molecule is CCn1ccnc1-c1cc(N)nc(C(C)C)n1. The number of nitrogens with two attached hydrogens (primary N) is 1. The normalized spacial score (nSPS) is 11.1. The van der Waals surface area contributed by atoms with Crippen LogP contribution in [0.2, 0.25) is 0 Å². The van der Waals surface area contributed by atoms with Crippen molar-refractivity contribution in [1.29, 1.82) is 0 Å². The van der Waals surface area contributed by atoms with E-state index in [4.69, 9.17) is 5.73 Å². The molecule has 0 aliphatic heterocycles. The van der Waals surface area contributed by atoms with E-state index in [0.717, 1.165) is 23.9 Å². The van der Waals surface area contributed by atoms with E-state index in [2.05, 4.69) is 21.9 Å². The molecule has 2 N–H and O–H groups in total. The molecule has 0 radical (unpaired) electrons. The number of aromatic nitrogens is 4. The van der Waals surface area contributed by atoms with Crippen molar-refractivity contribution in [2.45, 2.75) is 33.2 Å². The summed E-state index contributed by atoms with van der Waals surface area (Å²) in [5, 5.41) is 0. The Bertz CT molecular complexity index is 515. The first-order valence-corrected chi connectivity index (χ1v) is 5.77. The van der Waals surface area contributed by atoms with Crippen LogP contribution in [-0.2, 0) is 6.54 Å². The molecule has 0 fully saturated rings. The highest BCUT2D eigenvalue weighted by Crippen LogP contribution is 2.20. The van der Waals surface area contributed by atoms with Crippen LogP contribution < -0.4 is 5.73 Å². The zero-order chi connectivity index (χ0) is 12.4. The summed E-state index contributed by atoms with van der Waals surface area (Å²) in [5.74, 6) is 2.33. The van der Waals surface area contributed by atoms with Gasteiger partial charge in [0.15, 0.2) is 5.82 Å². The molecule has 0 spiro atoms. The van der Waals surface area contributed by atoms with Crippen molar-refractivity contribution in [2.75, 3.05) is 5.73 Å². The molecule has 2 rings (SSSR count). The van der Waals surface area contributed by atoms with Crippen molar-refractivity contribution >= 4 is 5.82 Å². The average molecular weight is 231 g/mol. The van der Waals surface area contributed by atoms with E-state index < -0.39 is 0 Å². The molecule has 2 heterocycles. The van der Waals surface area contributed by atoms with Crippen LogP contribution in [0.1, 0.15) is 32.5 Å². The number of hydrogen-bond acceptors (Lipinski definition) is 4. The van der Waals surface area contributed by atoms with Gasteiger partial charge < -0.3 is 10.3 Å². The second-order valence-corrected chi connectivity index (χ2v) is 4.23. The Morgan fingerprint density at radius 2 is 2.12 bits per heavy atom. The van der Waals surface area contributed by atoms with Crippen molar-refractivity contribution in [3.8, 4) is 11.5 Å². The first kappa shape index (κ1) is 11.6. The summed E-state index contributed by atoms with van der Waals surface area (Å²) in [6.45, 7) is 7.02. The van der Waals surface area contributed by atoms with E-state index in [1.165, 1.54) is 0 Å². The van der Waals surface area contributed by atoms with Crippen molar-refractivity contribution < 1.29 is 0 Å². The van der Waals surface area contributed by atoms with E-state index >= 15 is 0 Å². The third kappa shape index (κ3) is 2.27. The Morgan fingerprint density at radius 1 is 1.35 bits per heavy atom. The second kappa shape index (κ2) is 4.53. The molecule has 5 heteroatoms. The van der Waals surface area contributed by atoms with Crippen LogP contribution in [0.25, 0.3) is 11.5 Å². The quantitative estimate of drug-likeness (QED) is 0.877. The van der Waals surface area contributed by atoms with Gasteiger partial charge in [-0.15, -0.1) is 0 Å². The Hall–Kier alpha value is -1.91. The zero-order valence-electron chi connectivity index (χ0n) is 10.4. The lowest BCUT2D eigenvalue weighted by Crippen LogP contribution is -2.05. The summed E-state index contributed by atoms with van der Waals surface area (Å²) in [4.78, 5) is 13.1. The third-order valence-electron chi connectivity index (χ3n) is 2.56. The van der Waals surface area contributed by atoms with Gasteiger partial charge in [-0.2, -0.15) is 0 Å². The first-order chi connectivity index (χ1) is 8.11. The minimum Gasteiger partial charge on any atom is -0.384 e. The Balaban J connectivity index is 2.52. The molecule has 0 aliphatic rings. The first-order valence-electron chi connectivity index (χ1n) is 5.77. The molecule has 2 aromatic rings. The Kier molecular flexibility index (Phi) is 3.08. The second-order valence-electron chi connectivity index (χ2n) is 4.23. The van der Waals surface area contributed by atoms with Crippen molar-refractivity contribution in [3.05, 3.63) is 24.3 Å². The fraction of sp³-hybridized carbons (Fsp3) is 0.417. The van der Waals surface area contributed by atoms with E-state index in [-0.39, 0.29) is 5.92 Å². The molecule has 0 aromatic carbocycles. The summed E-state index contributed by atoms with van der Waals surface area (Å²) in [6, 6.07) is 1.76. The number of anilines is 1. The molecular formula is C12H17N5. The maximum absolute atomic E-state index is 5.81. The van der Waals surface area contributed by atoms with Gasteiger partial charge in [0.2, 0.25) is 0 Å². The molecule has 17 heavy (non-hydrogen) atoms. The summed E-state index contributed by atoms with van der Waals surface area (Å²) in [7, 11) is 0. The monoisotopic (exact) mass is 231 g/mol. The fourth-order valence-electron chi connectivity index (χ4n) is 1.66. The predicted molar refractivity (Wildman–Crippen MR) is 67.4 cm³/mol. The molecule has 0 saturated carbocycles. The van der Waals surface area contributed by atoms with Gasteiger partial charge in [0.1, 0.15) is 17.3 Å². The maximum atomic E-state index is 5.81. The molecule has 2 aromatic heterocycles. The molecule has 0 bridgehead atoms. The van der Waals surface area contributed by atoms with Gasteiger partial charge in [-0.25, -0.2) is 15.0 Å². The standard InChI is InChI=1S/C12H17N5/c1-4-17-6-5-14-12(17)9-7-10(13)16-11(15-9)8(2)3/h5-8H,4H2,1-3H3,(H2,13,15,16). The zero-order valence-corrected chi connectivity index (χ0v) is 10.4. The van der Waals surface area contributed by atoms with Crippen LogP contribution in [0.15, 0.2) is 18.5 Å².